The molecule has 0 saturated heterocycles. The highest BCUT2D eigenvalue weighted by Crippen LogP contribution is 2.26. The Kier molecular flexibility index (Phi) is 4.27. The highest BCUT2D eigenvalue weighted by molar-refractivity contribution is 7.16. The fraction of sp³-hybridized carbons (Fsp3) is 0.571. The van der Waals surface area contributed by atoms with E-state index in [2.05, 4.69) is 10.3 Å². The third-order valence-corrected chi connectivity index (χ3v) is 2.27. The van der Waals surface area contributed by atoms with E-state index in [1.54, 1.807) is 0 Å². The smallest absolute Gasteiger partial charge is 0.347 e. The summed E-state index contributed by atoms with van der Waals surface area (Å²) in [6.07, 6.45) is 1.20. The lowest BCUT2D eigenvalue weighted by Gasteiger charge is -2.01. The first-order chi connectivity index (χ1) is 6.74. The van der Waals surface area contributed by atoms with Crippen molar-refractivity contribution in [2.24, 2.45) is 0 Å². The number of rotatable bonds is 6. The summed E-state index contributed by atoms with van der Waals surface area (Å²) in [4.78, 5) is 13.6. The summed E-state index contributed by atoms with van der Waals surface area (Å²) >= 11 is 0.939. The van der Waals surface area contributed by atoms with Crippen LogP contribution in [0.5, 0.6) is 5.19 Å². The molecule has 0 saturated carbocycles. The highest BCUT2D eigenvalue weighted by atomic mass is 32.1. The van der Waals surface area contributed by atoms with Crippen LogP contribution in [0.1, 0.15) is 6.92 Å². The quantitative estimate of drug-likeness (QED) is 0.437. The average molecular weight is 217 g/mol. The molecule has 0 unspecified atom stereocenters. The maximum atomic E-state index is 10.3. The Morgan fingerprint density at radius 1 is 1.79 bits per heavy atom. The Morgan fingerprint density at radius 3 is 3.14 bits per heavy atom. The van der Waals surface area contributed by atoms with Crippen molar-refractivity contribution in [3.05, 3.63) is 16.3 Å². The molecule has 1 aromatic heterocycles. The van der Waals surface area contributed by atoms with Crippen molar-refractivity contribution < 1.29 is 9.66 Å². The van der Waals surface area contributed by atoms with Crippen LogP contribution >= 0.6 is 11.3 Å². The van der Waals surface area contributed by atoms with Gasteiger partial charge < -0.3 is 10.1 Å². The number of hydrogen-bond acceptors (Lipinski definition) is 6. The van der Waals surface area contributed by atoms with Crippen molar-refractivity contribution in [3.63, 3.8) is 0 Å². The maximum absolute atomic E-state index is 10.3. The van der Waals surface area contributed by atoms with Crippen molar-refractivity contribution in [1.29, 1.82) is 0 Å². The van der Waals surface area contributed by atoms with E-state index in [0.717, 1.165) is 17.9 Å². The number of thiazole rings is 1. The molecule has 0 amide bonds. The molecule has 1 heterocycles. The predicted octanol–water partition coefficient (Wildman–Crippen LogP) is 1.04. The molecule has 7 heteroatoms. The Hall–Kier alpha value is -1.21. The minimum absolute atomic E-state index is 0.00320. The summed E-state index contributed by atoms with van der Waals surface area (Å²) in [5.41, 5.74) is 0. The monoisotopic (exact) mass is 217 g/mol. The lowest BCUT2D eigenvalue weighted by Crippen LogP contribution is -2.20. The Balaban J connectivity index is 2.33. The van der Waals surface area contributed by atoms with Gasteiger partial charge in [0.2, 0.25) is 0 Å². The van der Waals surface area contributed by atoms with Crippen LogP contribution in [0.25, 0.3) is 0 Å². The first-order valence-electron chi connectivity index (χ1n) is 4.17. The maximum Gasteiger partial charge on any atom is 0.347 e. The molecule has 78 valence electrons. The zero-order chi connectivity index (χ0) is 10.4. The van der Waals surface area contributed by atoms with Crippen molar-refractivity contribution in [2.75, 3.05) is 19.7 Å². The summed E-state index contributed by atoms with van der Waals surface area (Å²) in [5.74, 6) is 0. The third kappa shape index (κ3) is 3.27. The summed E-state index contributed by atoms with van der Waals surface area (Å²) in [6.45, 7) is 4.05. The van der Waals surface area contributed by atoms with E-state index in [1.807, 2.05) is 6.92 Å². The van der Waals surface area contributed by atoms with Gasteiger partial charge in [0, 0.05) is 6.54 Å². The number of nitrogens with one attached hydrogen (secondary N) is 1. The van der Waals surface area contributed by atoms with Crippen LogP contribution < -0.4 is 10.1 Å². The summed E-state index contributed by atoms with van der Waals surface area (Å²) in [6, 6.07) is 0. The van der Waals surface area contributed by atoms with Crippen LogP contribution in [-0.4, -0.2) is 29.6 Å². The predicted molar refractivity (Wildman–Crippen MR) is 52.8 cm³/mol. The molecule has 1 rings (SSSR count). The highest BCUT2D eigenvalue weighted by Gasteiger charge is 2.11. The molecule has 0 atom stereocenters. The van der Waals surface area contributed by atoms with Gasteiger partial charge in [0.1, 0.15) is 12.8 Å². The number of nitrogens with zero attached hydrogens (tertiary/aromatic N) is 2. The van der Waals surface area contributed by atoms with Gasteiger partial charge in [-0.25, -0.2) is 4.98 Å². The summed E-state index contributed by atoms with van der Waals surface area (Å²) < 4.78 is 5.18. The third-order valence-electron chi connectivity index (χ3n) is 1.41. The second kappa shape index (κ2) is 5.51. The number of nitro groups is 1. The molecular weight excluding hydrogens is 206 g/mol. The zero-order valence-corrected chi connectivity index (χ0v) is 8.54. The summed E-state index contributed by atoms with van der Waals surface area (Å²) in [7, 11) is 0. The van der Waals surface area contributed by atoms with Gasteiger partial charge in [0.05, 0.1) is 4.92 Å². The molecule has 0 spiro atoms. The van der Waals surface area contributed by atoms with Crippen LogP contribution in [0.3, 0.4) is 0 Å². The molecule has 0 aliphatic rings. The second-order valence-electron chi connectivity index (χ2n) is 2.42. The van der Waals surface area contributed by atoms with Crippen LogP contribution in [0.4, 0.5) is 5.00 Å². The van der Waals surface area contributed by atoms with Crippen LogP contribution in [0, 0.1) is 10.1 Å². The molecule has 1 N–H and O–H groups in total. The molecule has 0 aromatic carbocycles. The molecule has 0 fully saturated rings. The van der Waals surface area contributed by atoms with Crippen LogP contribution in [-0.2, 0) is 0 Å². The van der Waals surface area contributed by atoms with Gasteiger partial charge in [-0.15, -0.1) is 0 Å². The van der Waals surface area contributed by atoms with Gasteiger partial charge in [-0.2, -0.15) is 0 Å². The number of hydrogen-bond donors (Lipinski definition) is 1. The zero-order valence-electron chi connectivity index (χ0n) is 7.73. The van der Waals surface area contributed by atoms with Crippen molar-refractivity contribution in [1.82, 2.24) is 10.3 Å². The van der Waals surface area contributed by atoms with E-state index in [1.165, 1.54) is 6.20 Å². The number of likely N-dealkylation sites (N-methyl/N-ethyl adjacent to an activating group) is 1. The summed E-state index contributed by atoms with van der Waals surface area (Å²) in [5, 5.41) is 13.7. The van der Waals surface area contributed by atoms with Gasteiger partial charge in [-0.1, -0.05) is 6.92 Å². The minimum Gasteiger partial charge on any atom is -0.469 e. The molecule has 0 aliphatic carbocycles. The SMILES string of the molecule is CCNCCOc1ncc([N+](=O)[O-])s1. The lowest BCUT2D eigenvalue weighted by atomic mass is 10.6. The topological polar surface area (TPSA) is 77.3 Å². The minimum atomic E-state index is -0.477. The normalized spacial score (nSPS) is 10.1. The lowest BCUT2D eigenvalue weighted by molar-refractivity contribution is -0.380. The number of aromatic nitrogens is 1. The molecule has 0 aliphatic heterocycles. The molecule has 1 aromatic rings. The van der Waals surface area contributed by atoms with Gasteiger partial charge in [0.25, 0.3) is 5.19 Å². The van der Waals surface area contributed by atoms with Gasteiger partial charge in [-0.05, 0) is 17.9 Å². The first-order valence-corrected chi connectivity index (χ1v) is 4.99. The van der Waals surface area contributed by atoms with E-state index in [9.17, 15) is 10.1 Å². The average Bonchev–Trinajstić information content (AvgIpc) is 2.61. The van der Waals surface area contributed by atoms with Crippen LogP contribution in [0.15, 0.2) is 6.20 Å². The molecule has 0 radical (unpaired) electrons. The van der Waals surface area contributed by atoms with Gasteiger partial charge in [-0.3, -0.25) is 10.1 Å². The van der Waals surface area contributed by atoms with E-state index in [0.29, 0.717) is 18.3 Å². The Bertz CT molecular complexity index is 302. The standard InChI is InChI=1S/C7H11N3O3S/c1-2-8-3-4-13-7-9-5-6(14-7)10(11)12/h5,8H,2-4H2,1H3. The molecular formula is C7H11N3O3S. The Morgan fingerprint density at radius 2 is 2.57 bits per heavy atom. The Labute approximate surface area is 85.1 Å². The van der Waals surface area contributed by atoms with E-state index >= 15 is 0 Å². The van der Waals surface area contributed by atoms with Gasteiger partial charge in [0.15, 0.2) is 0 Å². The second-order valence-corrected chi connectivity index (χ2v) is 3.40. The van der Waals surface area contributed by atoms with Crippen molar-refractivity contribution in [2.45, 2.75) is 6.92 Å². The van der Waals surface area contributed by atoms with E-state index in [4.69, 9.17) is 4.74 Å². The van der Waals surface area contributed by atoms with Crippen molar-refractivity contribution >= 4 is 16.3 Å². The number of ether oxygens (including phenoxy) is 1. The fourth-order valence-electron chi connectivity index (χ4n) is 0.789. The molecule has 6 nitrogen and oxygen atoms in total. The van der Waals surface area contributed by atoms with Crippen LogP contribution in [0.2, 0.25) is 0 Å². The largest absolute Gasteiger partial charge is 0.469 e. The van der Waals surface area contributed by atoms with Crippen molar-refractivity contribution in [3.8, 4) is 5.19 Å². The first kappa shape index (κ1) is 10.9. The molecule has 0 bridgehead atoms. The van der Waals surface area contributed by atoms with Gasteiger partial charge >= 0.3 is 5.00 Å². The van der Waals surface area contributed by atoms with E-state index in [-0.39, 0.29) is 5.00 Å². The fourth-order valence-corrected chi connectivity index (χ4v) is 1.40. The molecule has 14 heavy (non-hydrogen) atoms. The van der Waals surface area contributed by atoms with E-state index < -0.39 is 4.92 Å².